The van der Waals surface area contributed by atoms with Crippen LogP contribution in [0.4, 0.5) is 11.4 Å². The number of amides is 1. The van der Waals surface area contributed by atoms with E-state index in [1.807, 2.05) is 0 Å². The van der Waals surface area contributed by atoms with Crippen molar-refractivity contribution in [3.05, 3.63) is 61.3 Å². The van der Waals surface area contributed by atoms with E-state index in [4.69, 9.17) is 4.74 Å². The normalized spacial score (nSPS) is 13.2. The van der Waals surface area contributed by atoms with Crippen molar-refractivity contribution in [2.75, 3.05) is 11.9 Å². The highest BCUT2D eigenvalue weighted by molar-refractivity contribution is 7.14. The number of anilines is 1. The third-order valence-electron chi connectivity index (χ3n) is 4.39. The van der Waals surface area contributed by atoms with E-state index in [0.717, 1.165) is 36.1 Å². The molecule has 0 fully saturated rings. The maximum absolute atomic E-state index is 12.4. The number of nitro groups is 1. The lowest BCUT2D eigenvalue weighted by atomic mass is 9.97. The molecule has 1 aromatic carbocycles. The first-order valence-electron chi connectivity index (χ1n) is 9.04. The second-order valence-corrected chi connectivity index (χ2v) is 7.42. The average molecular weight is 400 g/mol. The molecule has 2 aromatic rings. The number of hydrogen-bond donors (Lipinski definition) is 1. The molecule has 1 aromatic heterocycles. The zero-order valence-electron chi connectivity index (χ0n) is 15.4. The van der Waals surface area contributed by atoms with Gasteiger partial charge in [0.25, 0.3) is 5.69 Å². The Morgan fingerprint density at radius 2 is 2.11 bits per heavy atom. The number of rotatable bonds is 6. The van der Waals surface area contributed by atoms with Crippen LogP contribution < -0.4 is 5.32 Å². The number of non-ortho nitro benzene ring substituents is 1. The highest BCUT2D eigenvalue weighted by atomic mass is 32.1. The molecule has 0 radical (unpaired) electrons. The molecule has 28 heavy (non-hydrogen) atoms. The maximum Gasteiger partial charge on any atom is 0.350 e. The van der Waals surface area contributed by atoms with Crippen LogP contribution in [0.3, 0.4) is 0 Å². The Hall–Kier alpha value is -3.00. The van der Waals surface area contributed by atoms with Gasteiger partial charge in [-0.1, -0.05) is 12.1 Å². The van der Waals surface area contributed by atoms with Crippen LogP contribution in [0.15, 0.2) is 30.3 Å². The largest absolute Gasteiger partial charge is 0.462 e. The monoisotopic (exact) mass is 400 g/mol. The molecule has 1 N–H and O–H groups in total. The molecule has 1 aliphatic carbocycles. The third-order valence-corrected chi connectivity index (χ3v) is 5.66. The van der Waals surface area contributed by atoms with Crippen LogP contribution in [0, 0.1) is 10.1 Å². The van der Waals surface area contributed by atoms with Gasteiger partial charge in [-0.05, 0) is 49.8 Å². The van der Waals surface area contributed by atoms with Crippen LogP contribution in [0.25, 0.3) is 6.08 Å². The van der Waals surface area contributed by atoms with E-state index >= 15 is 0 Å². The van der Waals surface area contributed by atoms with E-state index in [-0.39, 0.29) is 12.3 Å². The minimum absolute atomic E-state index is 0.0425. The minimum Gasteiger partial charge on any atom is -0.462 e. The number of carbonyl (C=O) groups excluding carboxylic acids is 2. The summed E-state index contributed by atoms with van der Waals surface area (Å²) in [5.74, 6) is -0.830. The summed E-state index contributed by atoms with van der Waals surface area (Å²) in [5.41, 5.74) is 2.05. The standard InChI is InChI=1S/C20H20N2O5S/c1-2-27-20(24)19-18(15-8-3-4-9-16(15)28-19)21-17(23)11-10-13-6-5-7-14(12-13)22(25)26/h5-7,10-12H,2-4,8-9H2,1H3,(H,21,23). The zero-order valence-corrected chi connectivity index (χ0v) is 16.2. The van der Waals surface area contributed by atoms with Gasteiger partial charge in [-0.25, -0.2) is 4.79 Å². The summed E-state index contributed by atoms with van der Waals surface area (Å²) in [4.78, 5) is 36.7. The molecule has 146 valence electrons. The van der Waals surface area contributed by atoms with Crippen LogP contribution in [-0.2, 0) is 22.4 Å². The predicted octanol–water partition coefficient (Wildman–Crippen LogP) is 4.36. The van der Waals surface area contributed by atoms with E-state index in [9.17, 15) is 19.7 Å². The molecule has 0 unspecified atom stereocenters. The highest BCUT2D eigenvalue weighted by Crippen LogP contribution is 2.38. The molecule has 7 nitrogen and oxygen atoms in total. The lowest BCUT2D eigenvalue weighted by Crippen LogP contribution is -2.14. The number of nitrogens with zero attached hydrogens (tertiary/aromatic N) is 1. The summed E-state index contributed by atoms with van der Waals surface area (Å²) >= 11 is 1.38. The summed E-state index contributed by atoms with van der Waals surface area (Å²) in [6.07, 6.45) is 6.60. The van der Waals surface area contributed by atoms with Gasteiger partial charge in [-0.15, -0.1) is 11.3 Å². The molecular formula is C20H20N2O5S. The Bertz CT molecular complexity index is 948. The molecule has 0 bridgehead atoms. The third kappa shape index (κ3) is 4.45. The fourth-order valence-corrected chi connectivity index (χ4v) is 4.36. The fourth-order valence-electron chi connectivity index (χ4n) is 3.12. The average Bonchev–Trinajstić information content (AvgIpc) is 3.05. The Balaban J connectivity index is 1.81. The van der Waals surface area contributed by atoms with Gasteiger partial charge >= 0.3 is 5.97 Å². The number of esters is 1. The van der Waals surface area contributed by atoms with Gasteiger partial charge < -0.3 is 10.1 Å². The number of aryl methyl sites for hydroxylation is 1. The Labute approximate surface area is 166 Å². The van der Waals surface area contributed by atoms with Crippen molar-refractivity contribution in [3.63, 3.8) is 0 Å². The predicted molar refractivity (Wildman–Crippen MR) is 108 cm³/mol. The smallest absolute Gasteiger partial charge is 0.350 e. The quantitative estimate of drug-likeness (QED) is 0.336. The first kappa shape index (κ1) is 19.8. The lowest BCUT2D eigenvalue weighted by Gasteiger charge is -2.13. The molecular weight excluding hydrogens is 380 g/mol. The first-order chi connectivity index (χ1) is 13.5. The molecule has 0 saturated heterocycles. The molecule has 3 rings (SSSR count). The molecule has 0 aliphatic heterocycles. The van der Waals surface area contributed by atoms with Gasteiger partial charge in [-0.2, -0.15) is 0 Å². The summed E-state index contributed by atoms with van der Waals surface area (Å²) < 4.78 is 5.13. The van der Waals surface area contributed by atoms with Crippen molar-refractivity contribution in [1.29, 1.82) is 0 Å². The fraction of sp³-hybridized carbons (Fsp3) is 0.300. The highest BCUT2D eigenvalue weighted by Gasteiger charge is 2.26. The van der Waals surface area contributed by atoms with Crippen molar-refractivity contribution in [2.24, 2.45) is 0 Å². The minimum atomic E-state index is -0.485. The van der Waals surface area contributed by atoms with Crippen LogP contribution in [-0.4, -0.2) is 23.4 Å². The topological polar surface area (TPSA) is 98.5 Å². The van der Waals surface area contributed by atoms with Crippen molar-refractivity contribution in [2.45, 2.75) is 32.6 Å². The number of carbonyl (C=O) groups is 2. The van der Waals surface area contributed by atoms with E-state index < -0.39 is 16.8 Å². The summed E-state index contributed by atoms with van der Waals surface area (Å²) in [6.45, 7) is 2.01. The second kappa shape index (κ2) is 8.79. The van der Waals surface area contributed by atoms with Crippen LogP contribution in [0.1, 0.15) is 45.4 Å². The number of benzene rings is 1. The van der Waals surface area contributed by atoms with E-state index in [2.05, 4.69) is 5.32 Å². The molecule has 0 atom stereocenters. The van der Waals surface area contributed by atoms with Gasteiger partial charge in [-0.3, -0.25) is 14.9 Å². The Morgan fingerprint density at radius 1 is 1.32 bits per heavy atom. The van der Waals surface area contributed by atoms with Crippen molar-refractivity contribution < 1.29 is 19.2 Å². The maximum atomic E-state index is 12.4. The van der Waals surface area contributed by atoms with Crippen molar-refractivity contribution >= 4 is 40.7 Å². The van der Waals surface area contributed by atoms with Gasteiger partial charge in [0.2, 0.25) is 5.91 Å². The van der Waals surface area contributed by atoms with Crippen LogP contribution in [0.5, 0.6) is 0 Å². The summed E-state index contributed by atoms with van der Waals surface area (Å²) in [5, 5.41) is 13.7. The number of thiophene rings is 1. The number of hydrogen-bond acceptors (Lipinski definition) is 6. The molecule has 8 heteroatoms. The second-order valence-electron chi connectivity index (χ2n) is 6.31. The Kier molecular flexibility index (Phi) is 6.20. The SMILES string of the molecule is CCOC(=O)c1sc2c(c1NC(=O)C=Cc1cccc([N+](=O)[O-])c1)CCCC2. The van der Waals surface area contributed by atoms with Crippen LogP contribution >= 0.6 is 11.3 Å². The van der Waals surface area contributed by atoms with E-state index in [1.165, 1.54) is 35.6 Å². The van der Waals surface area contributed by atoms with Gasteiger partial charge in [0.1, 0.15) is 4.88 Å². The van der Waals surface area contributed by atoms with Crippen molar-refractivity contribution in [1.82, 2.24) is 0 Å². The summed E-state index contributed by atoms with van der Waals surface area (Å²) in [7, 11) is 0. The number of nitro benzene ring substituents is 1. The van der Waals surface area contributed by atoms with Gasteiger partial charge in [0, 0.05) is 23.1 Å². The van der Waals surface area contributed by atoms with Gasteiger partial charge in [0.05, 0.1) is 17.2 Å². The lowest BCUT2D eigenvalue weighted by molar-refractivity contribution is -0.384. The first-order valence-corrected chi connectivity index (χ1v) is 9.86. The van der Waals surface area contributed by atoms with E-state index in [0.29, 0.717) is 16.1 Å². The molecule has 0 saturated carbocycles. The number of ether oxygens (including phenoxy) is 1. The molecule has 1 aliphatic rings. The molecule has 0 spiro atoms. The van der Waals surface area contributed by atoms with Crippen LogP contribution in [0.2, 0.25) is 0 Å². The molecule has 1 amide bonds. The van der Waals surface area contributed by atoms with Crippen molar-refractivity contribution in [3.8, 4) is 0 Å². The van der Waals surface area contributed by atoms with Gasteiger partial charge in [0.15, 0.2) is 0 Å². The zero-order chi connectivity index (χ0) is 20.1. The number of fused-ring (bicyclic) bond motifs is 1. The Morgan fingerprint density at radius 3 is 2.86 bits per heavy atom. The van der Waals surface area contributed by atoms with E-state index in [1.54, 1.807) is 19.1 Å². The number of nitrogens with one attached hydrogen (secondary N) is 1. The summed E-state index contributed by atoms with van der Waals surface area (Å²) in [6, 6.07) is 6.01. The molecule has 1 heterocycles.